The first-order valence-electron chi connectivity index (χ1n) is 6.35. The lowest BCUT2D eigenvalue weighted by Gasteiger charge is -2.35. The molecule has 0 saturated heterocycles. The molecule has 1 atom stereocenters. The monoisotopic (exact) mass is 239 g/mol. The maximum atomic E-state index is 5.94. The molecule has 2 aromatic carbocycles. The summed E-state index contributed by atoms with van der Waals surface area (Å²) in [6, 6.07) is 18.8. The summed E-state index contributed by atoms with van der Waals surface area (Å²) in [5, 5.41) is 0. The van der Waals surface area contributed by atoms with Gasteiger partial charge in [-0.3, -0.25) is 4.90 Å². The average Bonchev–Trinajstić information content (AvgIpc) is 2.41. The van der Waals surface area contributed by atoms with Crippen LogP contribution in [-0.4, -0.2) is 11.1 Å². The van der Waals surface area contributed by atoms with Crippen LogP contribution in [0, 0.1) is 0 Å². The topological polar surface area (TPSA) is 12.5 Å². The summed E-state index contributed by atoms with van der Waals surface area (Å²) in [6.07, 6.45) is 0.125. The number of benzene rings is 2. The minimum absolute atomic E-state index is 0.125. The highest BCUT2D eigenvalue weighted by Crippen LogP contribution is 2.28. The molecular formula is C16H17NO. The number of nitrogens with zero attached hydrogens (tertiary/aromatic N) is 1. The number of rotatable bonds is 2. The van der Waals surface area contributed by atoms with Crippen molar-refractivity contribution in [3.05, 3.63) is 65.7 Å². The molecule has 0 radical (unpaired) electrons. The molecule has 92 valence electrons. The van der Waals surface area contributed by atoms with E-state index in [4.69, 9.17) is 4.74 Å². The molecule has 0 amide bonds. The van der Waals surface area contributed by atoms with E-state index in [1.54, 1.807) is 0 Å². The Bertz CT molecular complexity index is 524. The van der Waals surface area contributed by atoms with E-state index in [1.807, 2.05) is 12.1 Å². The first-order chi connectivity index (χ1) is 8.83. The van der Waals surface area contributed by atoms with Gasteiger partial charge in [-0.05, 0) is 18.6 Å². The molecule has 0 bridgehead atoms. The molecule has 1 aliphatic rings. The Morgan fingerprint density at radius 1 is 1.06 bits per heavy atom. The summed E-state index contributed by atoms with van der Waals surface area (Å²) >= 11 is 0. The van der Waals surface area contributed by atoms with Gasteiger partial charge in [-0.2, -0.15) is 0 Å². The van der Waals surface area contributed by atoms with E-state index < -0.39 is 0 Å². The molecule has 1 heterocycles. The van der Waals surface area contributed by atoms with Gasteiger partial charge in [0.05, 0.1) is 0 Å². The Morgan fingerprint density at radius 3 is 2.61 bits per heavy atom. The third kappa shape index (κ3) is 2.24. The number of ether oxygens (including phenoxy) is 1. The van der Waals surface area contributed by atoms with Crippen LogP contribution < -0.4 is 4.74 Å². The van der Waals surface area contributed by atoms with Gasteiger partial charge in [-0.1, -0.05) is 48.5 Å². The fourth-order valence-corrected chi connectivity index (χ4v) is 2.36. The molecule has 0 saturated carbocycles. The van der Waals surface area contributed by atoms with Gasteiger partial charge in [0.1, 0.15) is 12.0 Å². The van der Waals surface area contributed by atoms with Gasteiger partial charge >= 0.3 is 0 Å². The average molecular weight is 239 g/mol. The van der Waals surface area contributed by atoms with Crippen LogP contribution in [0.25, 0.3) is 0 Å². The Balaban J connectivity index is 1.79. The largest absolute Gasteiger partial charge is 0.475 e. The van der Waals surface area contributed by atoms with Crippen LogP contribution in [0.2, 0.25) is 0 Å². The van der Waals surface area contributed by atoms with E-state index in [-0.39, 0.29) is 6.23 Å². The molecule has 0 spiro atoms. The van der Waals surface area contributed by atoms with Gasteiger partial charge < -0.3 is 4.74 Å². The Hall–Kier alpha value is -1.80. The molecule has 2 aromatic rings. The standard InChI is InChI=1S/C16H17NO/c1-13-17(11-14-7-3-2-4-8-14)12-15-9-5-6-10-16(15)18-13/h2-10,13H,11-12H2,1H3. The highest BCUT2D eigenvalue weighted by Gasteiger charge is 2.23. The lowest BCUT2D eigenvalue weighted by atomic mass is 10.1. The fraction of sp³-hybridized carbons (Fsp3) is 0.250. The second-order valence-corrected chi connectivity index (χ2v) is 4.72. The summed E-state index contributed by atoms with van der Waals surface area (Å²) in [5.74, 6) is 1.02. The SMILES string of the molecule is CC1Oc2ccccc2CN1Cc1ccccc1. The second-order valence-electron chi connectivity index (χ2n) is 4.72. The summed E-state index contributed by atoms with van der Waals surface area (Å²) in [7, 11) is 0. The maximum absolute atomic E-state index is 5.94. The van der Waals surface area contributed by atoms with Crippen molar-refractivity contribution in [2.75, 3.05) is 0 Å². The maximum Gasteiger partial charge on any atom is 0.150 e. The van der Waals surface area contributed by atoms with E-state index in [1.165, 1.54) is 11.1 Å². The minimum atomic E-state index is 0.125. The Kier molecular flexibility index (Phi) is 3.03. The zero-order valence-electron chi connectivity index (χ0n) is 10.5. The smallest absolute Gasteiger partial charge is 0.150 e. The molecular weight excluding hydrogens is 222 g/mol. The van der Waals surface area contributed by atoms with Gasteiger partial charge in [0, 0.05) is 18.7 Å². The highest BCUT2D eigenvalue weighted by molar-refractivity contribution is 5.34. The number of hydrogen-bond acceptors (Lipinski definition) is 2. The predicted octanol–water partition coefficient (Wildman–Crippen LogP) is 3.43. The second kappa shape index (κ2) is 4.83. The van der Waals surface area contributed by atoms with Crippen molar-refractivity contribution in [3.8, 4) is 5.75 Å². The molecule has 1 aliphatic heterocycles. The third-order valence-corrected chi connectivity index (χ3v) is 3.39. The molecule has 0 aromatic heterocycles. The normalized spacial score (nSPS) is 19.1. The molecule has 0 aliphatic carbocycles. The number of hydrogen-bond donors (Lipinski definition) is 0. The van der Waals surface area contributed by atoms with Crippen molar-refractivity contribution in [2.24, 2.45) is 0 Å². The molecule has 2 heteroatoms. The van der Waals surface area contributed by atoms with Gasteiger partial charge in [0.2, 0.25) is 0 Å². The molecule has 18 heavy (non-hydrogen) atoms. The van der Waals surface area contributed by atoms with Gasteiger partial charge in [0.25, 0.3) is 0 Å². The lowest BCUT2D eigenvalue weighted by molar-refractivity contribution is 0.00713. The number of para-hydroxylation sites is 1. The van der Waals surface area contributed by atoms with Crippen LogP contribution >= 0.6 is 0 Å². The molecule has 2 nitrogen and oxygen atoms in total. The van der Waals surface area contributed by atoms with Gasteiger partial charge in [-0.25, -0.2) is 0 Å². The van der Waals surface area contributed by atoms with Crippen LogP contribution in [0.3, 0.4) is 0 Å². The van der Waals surface area contributed by atoms with Gasteiger partial charge in [0.15, 0.2) is 0 Å². The zero-order chi connectivity index (χ0) is 12.4. The Morgan fingerprint density at radius 2 is 1.78 bits per heavy atom. The summed E-state index contributed by atoms with van der Waals surface area (Å²) < 4.78 is 5.94. The van der Waals surface area contributed by atoms with Gasteiger partial charge in [-0.15, -0.1) is 0 Å². The highest BCUT2D eigenvalue weighted by atomic mass is 16.5. The van der Waals surface area contributed by atoms with Crippen molar-refractivity contribution in [1.82, 2.24) is 4.90 Å². The first kappa shape index (κ1) is 11.3. The van der Waals surface area contributed by atoms with E-state index in [2.05, 4.69) is 54.3 Å². The van der Waals surface area contributed by atoms with E-state index in [0.29, 0.717) is 0 Å². The molecule has 3 rings (SSSR count). The summed E-state index contributed by atoms with van der Waals surface area (Å²) in [4.78, 5) is 2.34. The first-order valence-corrected chi connectivity index (χ1v) is 6.35. The van der Waals surface area contributed by atoms with Crippen LogP contribution in [0.4, 0.5) is 0 Å². The number of fused-ring (bicyclic) bond motifs is 1. The van der Waals surface area contributed by atoms with Crippen molar-refractivity contribution >= 4 is 0 Å². The van der Waals surface area contributed by atoms with Crippen molar-refractivity contribution in [2.45, 2.75) is 26.2 Å². The molecule has 1 unspecified atom stereocenters. The zero-order valence-corrected chi connectivity index (χ0v) is 10.5. The molecule has 0 fully saturated rings. The third-order valence-electron chi connectivity index (χ3n) is 3.39. The van der Waals surface area contributed by atoms with Crippen LogP contribution in [-0.2, 0) is 13.1 Å². The van der Waals surface area contributed by atoms with Crippen molar-refractivity contribution in [3.63, 3.8) is 0 Å². The predicted molar refractivity (Wildman–Crippen MR) is 72.2 cm³/mol. The molecule has 0 N–H and O–H groups in total. The van der Waals surface area contributed by atoms with Crippen molar-refractivity contribution in [1.29, 1.82) is 0 Å². The van der Waals surface area contributed by atoms with E-state index >= 15 is 0 Å². The van der Waals surface area contributed by atoms with Crippen LogP contribution in [0.5, 0.6) is 5.75 Å². The Labute approximate surface area is 108 Å². The minimum Gasteiger partial charge on any atom is -0.475 e. The van der Waals surface area contributed by atoms with Crippen LogP contribution in [0.15, 0.2) is 54.6 Å². The van der Waals surface area contributed by atoms with E-state index in [9.17, 15) is 0 Å². The van der Waals surface area contributed by atoms with Crippen LogP contribution in [0.1, 0.15) is 18.1 Å². The quantitative estimate of drug-likeness (QED) is 0.796. The van der Waals surface area contributed by atoms with Crippen molar-refractivity contribution < 1.29 is 4.74 Å². The lowest BCUT2D eigenvalue weighted by Crippen LogP contribution is -2.39. The van der Waals surface area contributed by atoms with E-state index in [0.717, 1.165) is 18.8 Å². The fourth-order valence-electron chi connectivity index (χ4n) is 2.36. The summed E-state index contributed by atoms with van der Waals surface area (Å²) in [5.41, 5.74) is 2.60. The summed E-state index contributed by atoms with van der Waals surface area (Å²) in [6.45, 7) is 3.99.